The normalized spacial score (nSPS) is 15.6. The number of thioether (sulfide) groups is 1. The van der Waals surface area contributed by atoms with Crippen molar-refractivity contribution in [1.29, 1.82) is 0 Å². The van der Waals surface area contributed by atoms with E-state index in [1.807, 2.05) is 13.0 Å². The van der Waals surface area contributed by atoms with Crippen LogP contribution < -0.4 is 14.4 Å². The van der Waals surface area contributed by atoms with Gasteiger partial charge in [0.2, 0.25) is 0 Å². The van der Waals surface area contributed by atoms with Crippen LogP contribution in [0.4, 0.5) is 10.1 Å². The first kappa shape index (κ1) is 19.7. The number of benzene rings is 2. The Bertz CT molecular complexity index is 949. The standard InChI is InChI=1S/C19H15ClFNO3S2/c1-3-25-15-7-4-11(8-16(15)24-2)9-17-18(23)22(19(26)27-17)12-5-6-14(21)13(20)10-12/h4-10H,3H2,1-2H3. The van der Waals surface area contributed by atoms with Gasteiger partial charge in [0.25, 0.3) is 5.91 Å². The minimum atomic E-state index is -0.553. The first-order valence-corrected chi connectivity index (χ1v) is 9.58. The van der Waals surface area contributed by atoms with Crippen LogP contribution in [-0.4, -0.2) is 23.9 Å². The number of carbonyl (C=O) groups is 1. The van der Waals surface area contributed by atoms with Crippen molar-refractivity contribution in [3.8, 4) is 11.5 Å². The molecule has 1 heterocycles. The van der Waals surface area contributed by atoms with Crippen LogP contribution in [0.1, 0.15) is 12.5 Å². The second-order valence-corrected chi connectivity index (χ2v) is 7.54. The minimum absolute atomic E-state index is 0.0678. The smallest absolute Gasteiger partial charge is 0.270 e. The van der Waals surface area contributed by atoms with Gasteiger partial charge in [-0.25, -0.2) is 4.39 Å². The van der Waals surface area contributed by atoms with E-state index in [0.717, 1.165) is 5.56 Å². The van der Waals surface area contributed by atoms with Crippen LogP contribution in [0.2, 0.25) is 5.02 Å². The van der Waals surface area contributed by atoms with E-state index < -0.39 is 5.82 Å². The summed E-state index contributed by atoms with van der Waals surface area (Å²) in [5.74, 6) is 0.362. The van der Waals surface area contributed by atoms with Crippen molar-refractivity contribution >= 4 is 57.6 Å². The number of ether oxygens (including phenoxy) is 2. The molecule has 0 bridgehead atoms. The van der Waals surface area contributed by atoms with Crippen molar-refractivity contribution in [2.75, 3.05) is 18.6 Å². The second-order valence-electron chi connectivity index (χ2n) is 5.46. The number of methoxy groups -OCH3 is 1. The summed E-state index contributed by atoms with van der Waals surface area (Å²) >= 11 is 12.3. The molecule has 1 amide bonds. The van der Waals surface area contributed by atoms with Gasteiger partial charge in [-0.2, -0.15) is 0 Å². The predicted octanol–water partition coefficient (Wildman–Crippen LogP) is 5.29. The van der Waals surface area contributed by atoms with Gasteiger partial charge in [-0.15, -0.1) is 0 Å². The molecule has 0 N–H and O–H groups in total. The Morgan fingerprint density at radius 2 is 2.04 bits per heavy atom. The van der Waals surface area contributed by atoms with Crippen LogP contribution in [0.15, 0.2) is 41.3 Å². The Hall–Kier alpha value is -2.09. The van der Waals surface area contributed by atoms with Crippen molar-refractivity contribution in [2.45, 2.75) is 6.92 Å². The third-order valence-corrected chi connectivity index (χ3v) is 5.33. The molecule has 1 aliphatic rings. The molecule has 2 aromatic carbocycles. The third kappa shape index (κ3) is 4.10. The molecule has 8 heteroatoms. The molecule has 2 aromatic rings. The van der Waals surface area contributed by atoms with Crippen molar-refractivity contribution < 1.29 is 18.7 Å². The molecule has 3 rings (SSSR count). The molecule has 140 valence electrons. The Morgan fingerprint density at radius 3 is 2.70 bits per heavy atom. The molecule has 0 atom stereocenters. The van der Waals surface area contributed by atoms with Gasteiger partial charge in [0.15, 0.2) is 15.8 Å². The Labute approximate surface area is 170 Å². The summed E-state index contributed by atoms with van der Waals surface area (Å²) in [6.07, 6.45) is 1.72. The zero-order chi connectivity index (χ0) is 19.6. The first-order chi connectivity index (χ1) is 12.9. The predicted molar refractivity (Wildman–Crippen MR) is 111 cm³/mol. The summed E-state index contributed by atoms with van der Waals surface area (Å²) in [4.78, 5) is 14.6. The number of amides is 1. The van der Waals surface area contributed by atoms with Gasteiger partial charge in [0, 0.05) is 0 Å². The number of carbonyl (C=O) groups excluding carboxylic acids is 1. The van der Waals surface area contributed by atoms with Gasteiger partial charge < -0.3 is 9.47 Å². The van der Waals surface area contributed by atoms with Gasteiger partial charge in [0.05, 0.1) is 29.3 Å². The Kier molecular flexibility index (Phi) is 6.04. The zero-order valence-corrected chi connectivity index (χ0v) is 16.9. The lowest BCUT2D eigenvalue weighted by molar-refractivity contribution is -0.113. The molecule has 1 saturated heterocycles. The maximum atomic E-state index is 13.4. The van der Waals surface area contributed by atoms with E-state index >= 15 is 0 Å². The van der Waals surface area contributed by atoms with Crippen LogP contribution in [0.25, 0.3) is 6.08 Å². The average Bonchev–Trinajstić information content (AvgIpc) is 2.92. The Balaban J connectivity index is 1.91. The fourth-order valence-corrected chi connectivity index (χ4v) is 3.99. The average molecular weight is 424 g/mol. The highest BCUT2D eigenvalue weighted by atomic mass is 35.5. The fraction of sp³-hybridized carbons (Fsp3) is 0.158. The summed E-state index contributed by atoms with van der Waals surface area (Å²) in [6.45, 7) is 2.41. The minimum Gasteiger partial charge on any atom is -0.493 e. The van der Waals surface area contributed by atoms with Crippen LogP contribution in [-0.2, 0) is 4.79 Å². The largest absolute Gasteiger partial charge is 0.493 e. The molecule has 0 radical (unpaired) electrons. The molecule has 0 aromatic heterocycles. The molecule has 4 nitrogen and oxygen atoms in total. The highest BCUT2D eigenvalue weighted by Gasteiger charge is 2.33. The monoisotopic (exact) mass is 423 g/mol. The first-order valence-electron chi connectivity index (χ1n) is 7.98. The van der Waals surface area contributed by atoms with E-state index in [9.17, 15) is 9.18 Å². The Morgan fingerprint density at radius 1 is 1.26 bits per heavy atom. The highest BCUT2D eigenvalue weighted by molar-refractivity contribution is 8.27. The lowest BCUT2D eigenvalue weighted by Crippen LogP contribution is -2.27. The van der Waals surface area contributed by atoms with Crippen LogP contribution in [0.5, 0.6) is 11.5 Å². The zero-order valence-electron chi connectivity index (χ0n) is 14.5. The number of thiocarbonyl (C=S) groups is 1. The molecule has 0 unspecified atom stereocenters. The van der Waals surface area contributed by atoms with E-state index in [4.69, 9.17) is 33.3 Å². The molecule has 27 heavy (non-hydrogen) atoms. The van der Waals surface area contributed by atoms with Crippen molar-refractivity contribution in [3.05, 3.63) is 57.7 Å². The van der Waals surface area contributed by atoms with Gasteiger partial charge in [0.1, 0.15) is 5.82 Å². The molecule has 0 spiro atoms. The summed E-state index contributed by atoms with van der Waals surface area (Å²) < 4.78 is 24.6. The van der Waals surface area contributed by atoms with Crippen molar-refractivity contribution in [2.24, 2.45) is 0 Å². The number of hydrogen-bond acceptors (Lipinski definition) is 5. The van der Waals surface area contributed by atoms with Crippen molar-refractivity contribution in [3.63, 3.8) is 0 Å². The van der Waals surface area contributed by atoms with Crippen LogP contribution in [0, 0.1) is 5.82 Å². The number of hydrogen-bond donors (Lipinski definition) is 0. The summed E-state index contributed by atoms with van der Waals surface area (Å²) in [6, 6.07) is 9.45. The lowest BCUT2D eigenvalue weighted by atomic mass is 10.2. The number of nitrogens with zero attached hydrogens (tertiary/aromatic N) is 1. The summed E-state index contributed by atoms with van der Waals surface area (Å²) in [5, 5.41) is -0.0678. The van der Waals surface area contributed by atoms with Gasteiger partial charge in [-0.3, -0.25) is 9.69 Å². The van der Waals surface area contributed by atoms with E-state index in [-0.39, 0.29) is 10.9 Å². The van der Waals surface area contributed by atoms with E-state index in [1.165, 1.54) is 34.9 Å². The third-order valence-electron chi connectivity index (χ3n) is 3.74. The maximum absolute atomic E-state index is 13.4. The quantitative estimate of drug-likeness (QED) is 0.482. The molecule has 0 aliphatic carbocycles. The van der Waals surface area contributed by atoms with Crippen LogP contribution in [0.3, 0.4) is 0 Å². The molecule has 1 aliphatic heterocycles. The van der Waals surface area contributed by atoms with E-state index in [2.05, 4.69) is 0 Å². The van der Waals surface area contributed by atoms with Gasteiger partial charge in [-0.1, -0.05) is 41.6 Å². The summed E-state index contributed by atoms with van der Waals surface area (Å²) in [5.41, 5.74) is 1.20. The maximum Gasteiger partial charge on any atom is 0.270 e. The van der Waals surface area contributed by atoms with E-state index in [1.54, 1.807) is 25.3 Å². The SMILES string of the molecule is CCOc1ccc(C=C2SC(=S)N(c3ccc(F)c(Cl)c3)C2=O)cc1OC. The van der Waals surface area contributed by atoms with Crippen molar-refractivity contribution in [1.82, 2.24) is 0 Å². The molecular weight excluding hydrogens is 409 g/mol. The fourth-order valence-electron chi connectivity index (χ4n) is 2.51. The van der Waals surface area contributed by atoms with Gasteiger partial charge >= 0.3 is 0 Å². The highest BCUT2D eigenvalue weighted by Crippen LogP contribution is 2.38. The van der Waals surface area contributed by atoms with Crippen LogP contribution >= 0.6 is 35.6 Å². The summed E-state index contributed by atoms with van der Waals surface area (Å²) in [7, 11) is 1.55. The number of halogens is 2. The van der Waals surface area contributed by atoms with Gasteiger partial charge in [-0.05, 0) is 48.9 Å². The topological polar surface area (TPSA) is 38.8 Å². The second kappa shape index (κ2) is 8.29. The molecular formula is C19H15ClFNO3S2. The molecule has 0 saturated carbocycles. The van der Waals surface area contributed by atoms with E-state index in [0.29, 0.717) is 33.0 Å². The lowest BCUT2D eigenvalue weighted by Gasteiger charge is -2.14. The number of rotatable bonds is 5. The number of anilines is 1. The molecule has 1 fully saturated rings.